The van der Waals surface area contributed by atoms with E-state index in [-0.39, 0.29) is 17.6 Å². The van der Waals surface area contributed by atoms with Crippen LogP contribution in [-0.2, 0) is 9.59 Å². The number of nitrogens with zero attached hydrogens (tertiary/aromatic N) is 1. The van der Waals surface area contributed by atoms with Gasteiger partial charge in [0.1, 0.15) is 0 Å². The smallest absolute Gasteiger partial charge is 0.351 e. The molecule has 0 spiro atoms. The number of nitrogens with one attached hydrogen (secondary N) is 1. The highest BCUT2D eigenvalue weighted by Crippen LogP contribution is 2.35. The highest BCUT2D eigenvalue weighted by Gasteiger charge is 2.47. The molecule has 1 saturated carbocycles. The highest BCUT2D eigenvalue weighted by molar-refractivity contribution is 7.10. The summed E-state index contributed by atoms with van der Waals surface area (Å²) >= 11 is 1.16. The van der Waals surface area contributed by atoms with E-state index in [0.29, 0.717) is 9.78 Å². The average Bonchev–Trinajstić information content (AvgIpc) is 3.25. The van der Waals surface area contributed by atoms with Gasteiger partial charge in [-0.25, -0.2) is 0 Å². The predicted octanol–water partition coefficient (Wildman–Crippen LogP) is 5.96. The van der Waals surface area contributed by atoms with Gasteiger partial charge in [-0.15, -0.1) is 11.3 Å². The van der Waals surface area contributed by atoms with E-state index in [2.05, 4.69) is 5.32 Å². The molecule has 31 heavy (non-hydrogen) atoms. The fourth-order valence-electron chi connectivity index (χ4n) is 3.89. The Morgan fingerprint density at radius 3 is 2.23 bits per heavy atom. The van der Waals surface area contributed by atoms with Crippen LogP contribution in [0.25, 0.3) is 0 Å². The van der Waals surface area contributed by atoms with E-state index in [1.54, 1.807) is 29.6 Å². The van der Waals surface area contributed by atoms with Gasteiger partial charge in [0.15, 0.2) is 6.04 Å². The SMILES string of the molecule is CC(C)c1ccc(N(C(=O)C(F)(F)F)C(C(=O)NC2CCCCC2)c2cccs2)cc1. The number of hydrogen-bond acceptors (Lipinski definition) is 3. The first kappa shape index (κ1) is 23.3. The van der Waals surface area contributed by atoms with Crippen LogP contribution in [0.2, 0.25) is 0 Å². The maximum absolute atomic E-state index is 13.6. The van der Waals surface area contributed by atoms with Crippen LogP contribution in [-0.4, -0.2) is 24.0 Å². The van der Waals surface area contributed by atoms with Crippen LogP contribution in [0, 0.1) is 0 Å². The molecule has 0 radical (unpaired) electrons. The molecular weight excluding hydrogens is 425 g/mol. The number of carbonyl (C=O) groups is 2. The molecule has 0 saturated heterocycles. The van der Waals surface area contributed by atoms with Gasteiger partial charge in [-0.1, -0.05) is 51.3 Å². The second-order valence-electron chi connectivity index (χ2n) is 8.18. The molecule has 1 N–H and O–H groups in total. The Morgan fingerprint density at radius 2 is 1.71 bits per heavy atom. The van der Waals surface area contributed by atoms with Gasteiger partial charge in [-0.2, -0.15) is 13.2 Å². The fourth-order valence-corrected chi connectivity index (χ4v) is 4.70. The summed E-state index contributed by atoms with van der Waals surface area (Å²) in [7, 11) is 0. The van der Waals surface area contributed by atoms with Crippen molar-refractivity contribution in [2.75, 3.05) is 4.90 Å². The summed E-state index contributed by atoms with van der Waals surface area (Å²) in [6.45, 7) is 3.94. The number of hydrogen-bond donors (Lipinski definition) is 1. The maximum Gasteiger partial charge on any atom is 0.471 e. The number of anilines is 1. The normalized spacial score (nSPS) is 16.2. The van der Waals surface area contributed by atoms with Crippen LogP contribution in [0.3, 0.4) is 0 Å². The zero-order valence-electron chi connectivity index (χ0n) is 17.6. The first-order chi connectivity index (χ1) is 14.7. The lowest BCUT2D eigenvalue weighted by atomic mass is 9.95. The summed E-state index contributed by atoms with van der Waals surface area (Å²) < 4.78 is 40.8. The fraction of sp³-hybridized carbons (Fsp3) is 0.478. The van der Waals surface area contributed by atoms with E-state index in [0.717, 1.165) is 49.0 Å². The summed E-state index contributed by atoms with van der Waals surface area (Å²) in [4.78, 5) is 26.8. The van der Waals surface area contributed by atoms with Crippen molar-refractivity contribution >= 4 is 28.8 Å². The molecule has 1 aromatic carbocycles. The van der Waals surface area contributed by atoms with E-state index >= 15 is 0 Å². The van der Waals surface area contributed by atoms with Crippen molar-refractivity contribution in [2.45, 2.75) is 70.1 Å². The van der Waals surface area contributed by atoms with Crippen LogP contribution in [0.1, 0.15) is 68.4 Å². The summed E-state index contributed by atoms with van der Waals surface area (Å²) in [6, 6.07) is 8.13. The van der Waals surface area contributed by atoms with Crippen molar-refractivity contribution in [3.05, 3.63) is 52.2 Å². The van der Waals surface area contributed by atoms with Crippen LogP contribution < -0.4 is 10.2 Å². The highest BCUT2D eigenvalue weighted by atomic mass is 32.1. The lowest BCUT2D eigenvalue weighted by Crippen LogP contribution is -2.50. The molecule has 2 amide bonds. The van der Waals surface area contributed by atoms with Crippen molar-refractivity contribution < 1.29 is 22.8 Å². The Bertz CT molecular complexity index is 873. The topological polar surface area (TPSA) is 49.4 Å². The molecule has 4 nitrogen and oxygen atoms in total. The van der Waals surface area contributed by atoms with E-state index in [1.165, 1.54) is 12.1 Å². The number of benzene rings is 1. The monoisotopic (exact) mass is 452 g/mol. The van der Waals surface area contributed by atoms with Crippen LogP contribution >= 0.6 is 11.3 Å². The van der Waals surface area contributed by atoms with Crippen molar-refractivity contribution in [2.24, 2.45) is 0 Å². The van der Waals surface area contributed by atoms with Crippen molar-refractivity contribution in [3.63, 3.8) is 0 Å². The van der Waals surface area contributed by atoms with Gasteiger partial charge in [0.05, 0.1) is 0 Å². The van der Waals surface area contributed by atoms with Gasteiger partial charge in [0, 0.05) is 16.6 Å². The van der Waals surface area contributed by atoms with Gasteiger partial charge in [-0.3, -0.25) is 14.5 Å². The van der Waals surface area contributed by atoms with Crippen molar-refractivity contribution in [1.82, 2.24) is 5.32 Å². The second-order valence-corrected chi connectivity index (χ2v) is 9.16. The summed E-state index contributed by atoms with van der Waals surface area (Å²) in [6.07, 6.45) is -0.510. The molecule has 1 aromatic heterocycles. The molecule has 0 aliphatic heterocycles. The third-order valence-electron chi connectivity index (χ3n) is 5.57. The molecular formula is C23H27F3N2O2S. The van der Waals surface area contributed by atoms with E-state index in [9.17, 15) is 22.8 Å². The number of thiophene rings is 1. The summed E-state index contributed by atoms with van der Waals surface area (Å²) in [5.74, 6) is -2.45. The number of amides is 2. The average molecular weight is 453 g/mol. The zero-order valence-corrected chi connectivity index (χ0v) is 18.4. The maximum atomic E-state index is 13.6. The minimum absolute atomic E-state index is 0.0453. The molecule has 1 aliphatic rings. The largest absolute Gasteiger partial charge is 0.471 e. The lowest BCUT2D eigenvalue weighted by molar-refractivity contribution is -0.171. The Hall–Kier alpha value is -2.35. The second kappa shape index (κ2) is 9.85. The molecule has 1 aliphatic carbocycles. The van der Waals surface area contributed by atoms with Gasteiger partial charge in [-0.05, 0) is 47.9 Å². The molecule has 1 atom stereocenters. The third-order valence-corrected chi connectivity index (χ3v) is 6.49. The first-order valence-electron chi connectivity index (χ1n) is 10.5. The zero-order chi connectivity index (χ0) is 22.6. The summed E-state index contributed by atoms with van der Waals surface area (Å²) in [5, 5.41) is 4.59. The Morgan fingerprint density at radius 1 is 1.06 bits per heavy atom. The Labute approximate surface area is 184 Å². The minimum Gasteiger partial charge on any atom is -0.351 e. The molecule has 0 bridgehead atoms. The predicted molar refractivity (Wildman–Crippen MR) is 116 cm³/mol. The summed E-state index contributed by atoms with van der Waals surface area (Å²) in [5.41, 5.74) is 0.978. The van der Waals surface area contributed by atoms with E-state index in [1.807, 2.05) is 13.8 Å². The van der Waals surface area contributed by atoms with Crippen LogP contribution in [0.15, 0.2) is 41.8 Å². The lowest BCUT2D eigenvalue weighted by Gasteiger charge is -2.33. The molecule has 168 valence electrons. The molecule has 1 fully saturated rings. The molecule has 2 aromatic rings. The van der Waals surface area contributed by atoms with E-state index in [4.69, 9.17) is 0 Å². The molecule has 3 rings (SSSR count). The van der Waals surface area contributed by atoms with Gasteiger partial charge in [0.2, 0.25) is 5.91 Å². The van der Waals surface area contributed by atoms with Gasteiger partial charge in [0.25, 0.3) is 0 Å². The van der Waals surface area contributed by atoms with Crippen molar-refractivity contribution in [3.8, 4) is 0 Å². The number of rotatable bonds is 6. The number of carbonyl (C=O) groups excluding carboxylic acids is 2. The van der Waals surface area contributed by atoms with Crippen molar-refractivity contribution in [1.29, 1.82) is 0 Å². The number of halogens is 3. The van der Waals surface area contributed by atoms with Crippen LogP contribution in [0.5, 0.6) is 0 Å². The van der Waals surface area contributed by atoms with Gasteiger partial charge >= 0.3 is 12.1 Å². The third kappa shape index (κ3) is 5.67. The quantitative estimate of drug-likeness (QED) is 0.588. The van der Waals surface area contributed by atoms with Crippen LogP contribution in [0.4, 0.5) is 18.9 Å². The Balaban J connectivity index is 2.02. The first-order valence-corrected chi connectivity index (χ1v) is 11.4. The molecule has 1 heterocycles. The van der Waals surface area contributed by atoms with E-state index < -0.39 is 24.0 Å². The minimum atomic E-state index is -5.11. The standard InChI is InChI=1S/C23H27F3N2O2S/c1-15(2)16-10-12-18(13-11-16)28(22(30)23(24,25)26)20(19-9-6-14-31-19)21(29)27-17-7-4-3-5-8-17/h6,9-15,17,20H,3-5,7-8H2,1-2H3,(H,27,29). The molecule has 1 unspecified atom stereocenters. The van der Waals surface area contributed by atoms with Gasteiger partial charge < -0.3 is 5.32 Å². The Kier molecular flexibility index (Phi) is 7.41. The number of alkyl halides is 3. The molecule has 8 heteroatoms.